The van der Waals surface area contributed by atoms with Gasteiger partial charge in [0.2, 0.25) is 0 Å². The van der Waals surface area contributed by atoms with Crippen molar-refractivity contribution in [1.29, 1.82) is 0 Å². The average Bonchev–Trinajstić information content (AvgIpc) is 2.70. The fourth-order valence-corrected chi connectivity index (χ4v) is 1.22. The predicted octanol–water partition coefficient (Wildman–Crippen LogP) is 1.19. The van der Waals surface area contributed by atoms with Crippen LogP contribution in [-0.4, -0.2) is 21.0 Å². The summed E-state index contributed by atoms with van der Waals surface area (Å²) in [5.41, 5.74) is 0.685. The van der Waals surface area contributed by atoms with Crippen molar-refractivity contribution in [2.24, 2.45) is 0 Å². The van der Waals surface area contributed by atoms with Crippen LogP contribution in [0.25, 0.3) is 5.69 Å². The second-order valence-electron chi connectivity index (χ2n) is 2.91. The molecule has 2 aromatic rings. The number of carbonyl (C=O) groups is 1. The Kier molecular flexibility index (Phi) is 2.45. The van der Waals surface area contributed by atoms with Gasteiger partial charge >= 0.3 is 5.97 Å². The molecule has 5 heteroatoms. The molecule has 0 aliphatic heterocycles. The molecule has 1 aromatic carbocycles. The van der Waals surface area contributed by atoms with E-state index >= 15 is 0 Å². The molecule has 0 saturated carbocycles. The Hall–Kier alpha value is -2.17. The molecule has 0 radical (unpaired) electrons. The van der Waals surface area contributed by atoms with Crippen LogP contribution in [0.4, 0.5) is 0 Å². The van der Waals surface area contributed by atoms with E-state index in [1.54, 1.807) is 30.6 Å². The highest BCUT2D eigenvalue weighted by molar-refractivity contribution is 5.70. The number of aromatic nitrogens is 3. The Bertz CT molecular complexity index is 465. The van der Waals surface area contributed by atoms with Gasteiger partial charge in [-0.2, -0.15) is 0 Å². The van der Waals surface area contributed by atoms with Crippen molar-refractivity contribution in [2.75, 3.05) is 0 Å². The normalized spacial score (nSPS) is 9.93. The first-order valence-electron chi connectivity index (χ1n) is 4.41. The Balaban J connectivity index is 2.42. The van der Waals surface area contributed by atoms with Gasteiger partial charge in [-0.05, 0) is 12.1 Å². The van der Waals surface area contributed by atoms with Gasteiger partial charge < -0.3 is 4.74 Å². The maximum atomic E-state index is 10.9. The van der Waals surface area contributed by atoms with Crippen molar-refractivity contribution >= 4 is 5.97 Å². The summed E-state index contributed by atoms with van der Waals surface area (Å²) in [6.07, 6.45) is 3.24. The Morgan fingerprint density at radius 1 is 1.40 bits per heavy atom. The lowest BCUT2D eigenvalue weighted by Gasteiger charge is -2.07. The van der Waals surface area contributed by atoms with E-state index in [4.69, 9.17) is 4.74 Å². The number of nitrogens with zero attached hydrogens (tertiary/aromatic N) is 3. The molecule has 0 N–H and O–H groups in total. The Morgan fingerprint density at radius 3 is 2.87 bits per heavy atom. The van der Waals surface area contributed by atoms with Crippen molar-refractivity contribution in [1.82, 2.24) is 15.0 Å². The van der Waals surface area contributed by atoms with E-state index in [1.807, 2.05) is 6.07 Å². The summed E-state index contributed by atoms with van der Waals surface area (Å²) in [5, 5.41) is 7.52. The lowest BCUT2D eigenvalue weighted by Crippen LogP contribution is -2.05. The largest absolute Gasteiger partial charge is 0.424 e. The van der Waals surface area contributed by atoms with E-state index in [1.165, 1.54) is 11.6 Å². The molecule has 0 aliphatic rings. The predicted molar refractivity (Wildman–Crippen MR) is 52.7 cm³/mol. The molecule has 0 bridgehead atoms. The van der Waals surface area contributed by atoms with Crippen molar-refractivity contribution in [3.63, 3.8) is 0 Å². The number of benzene rings is 1. The van der Waals surface area contributed by atoms with Crippen LogP contribution >= 0.6 is 0 Å². The van der Waals surface area contributed by atoms with Gasteiger partial charge in [-0.15, -0.1) is 5.10 Å². The zero-order chi connectivity index (χ0) is 10.7. The minimum absolute atomic E-state index is 0.359. The molecule has 5 nitrogen and oxygen atoms in total. The molecule has 0 saturated heterocycles. The van der Waals surface area contributed by atoms with Gasteiger partial charge in [0.1, 0.15) is 5.69 Å². The summed E-state index contributed by atoms with van der Waals surface area (Å²) < 4.78 is 6.58. The molecule has 0 unspecified atom stereocenters. The van der Waals surface area contributed by atoms with Gasteiger partial charge in [0.15, 0.2) is 5.75 Å². The highest BCUT2D eigenvalue weighted by Gasteiger charge is 2.07. The zero-order valence-electron chi connectivity index (χ0n) is 8.12. The molecule has 2 rings (SSSR count). The van der Waals surface area contributed by atoms with E-state index < -0.39 is 0 Å². The van der Waals surface area contributed by atoms with Gasteiger partial charge in [0.25, 0.3) is 0 Å². The minimum Gasteiger partial charge on any atom is -0.424 e. The maximum Gasteiger partial charge on any atom is 0.308 e. The van der Waals surface area contributed by atoms with Crippen LogP contribution in [0.3, 0.4) is 0 Å². The summed E-state index contributed by atoms with van der Waals surface area (Å²) in [5.74, 6) is 0.109. The molecule has 0 atom stereocenters. The van der Waals surface area contributed by atoms with Gasteiger partial charge in [-0.3, -0.25) is 4.79 Å². The Labute approximate surface area is 86.3 Å². The maximum absolute atomic E-state index is 10.9. The molecule has 0 aliphatic carbocycles. The summed E-state index contributed by atoms with van der Waals surface area (Å²) >= 11 is 0. The van der Waals surface area contributed by atoms with Gasteiger partial charge in [-0.25, -0.2) is 4.68 Å². The Morgan fingerprint density at radius 2 is 2.20 bits per heavy atom. The standard InChI is InChI=1S/C10H9N3O2/c1-8(14)15-10-5-3-2-4-9(10)13-7-6-11-12-13/h2-7H,1H3. The molecule has 0 spiro atoms. The van der Waals surface area contributed by atoms with Crippen LogP contribution in [0, 0.1) is 0 Å². The smallest absolute Gasteiger partial charge is 0.308 e. The van der Waals surface area contributed by atoms with E-state index in [0.717, 1.165) is 0 Å². The average molecular weight is 203 g/mol. The monoisotopic (exact) mass is 203 g/mol. The summed E-state index contributed by atoms with van der Waals surface area (Å²) in [6.45, 7) is 1.36. The molecule has 1 aromatic heterocycles. The first-order valence-corrected chi connectivity index (χ1v) is 4.41. The molecular formula is C10H9N3O2. The van der Waals surface area contributed by atoms with Crippen LogP contribution in [-0.2, 0) is 4.79 Å². The van der Waals surface area contributed by atoms with Gasteiger partial charge in [-0.1, -0.05) is 17.3 Å². The minimum atomic E-state index is -0.359. The van der Waals surface area contributed by atoms with Crippen LogP contribution in [0.5, 0.6) is 5.75 Å². The topological polar surface area (TPSA) is 57.0 Å². The van der Waals surface area contributed by atoms with Crippen LogP contribution in [0.2, 0.25) is 0 Å². The molecule has 76 valence electrons. The van der Waals surface area contributed by atoms with Crippen LogP contribution < -0.4 is 4.74 Å². The first kappa shape index (κ1) is 9.39. The number of hydrogen-bond acceptors (Lipinski definition) is 4. The second kappa shape index (κ2) is 3.91. The highest BCUT2D eigenvalue weighted by atomic mass is 16.5. The van der Waals surface area contributed by atoms with E-state index in [2.05, 4.69) is 10.3 Å². The number of hydrogen-bond donors (Lipinski definition) is 0. The number of ether oxygens (including phenoxy) is 1. The van der Waals surface area contributed by atoms with Crippen molar-refractivity contribution in [2.45, 2.75) is 6.92 Å². The van der Waals surface area contributed by atoms with Gasteiger partial charge in [0, 0.05) is 6.92 Å². The van der Waals surface area contributed by atoms with Crippen LogP contribution in [0.15, 0.2) is 36.7 Å². The zero-order valence-corrected chi connectivity index (χ0v) is 8.12. The SMILES string of the molecule is CC(=O)Oc1ccccc1-n1ccnn1. The number of esters is 1. The third-order valence-electron chi connectivity index (χ3n) is 1.79. The summed E-state index contributed by atoms with van der Waals surface area (Å²) in [7, 11) is 0. The second-order valence-corrected chi connectivity index (χ2v) is 2.91. The molecule has 0 amide bonds. The molecule has 1 heterocycles. The van der Waals surface area contributed by atoms with Crippen molar-refractivity contribution in [3.8, 4) is 11.4 Å². The number of para-hydroxylation sites is 2. The summed E-state index contributed by atoms with van der Waals surface area (Å²) in [6, 6.07) is 7.13. The van der Waals surface area contributed by atoms with Crippen molar-refractivity contribution < 1.29 is 9.53 Å². The van der Waals surface area contributed by atoms with Crippen LogP contribution in [0.1, 0.15) is 6.92 Å². The first-order chi connectivity index (χ1) is 7.27. The third kappa shape index (κ3) is 2.01. The quantitative estimate of drug-likeness (QED) is 0.543. The van der Waals surface area contributed by atoms with E-state index in [9.17, 15) is 4.79 Å². The molecule has 0 fully saturated rings. The van der Waals surface area contributed by atoms with Crippen molar-refractivity contribution in [3.05, 3.63) is 36.7 Å². The summed E-state index contributed by atoms with van der Waals surface area (Å²) in [4.78, 5) is 10.9. The lowest BCUT2D eigenvalue weighted by molar-refractivity contribution is -0.131. The third-order valence-corrected chi connectivity index (χ3v) is 1.79. The van der Waals surface area contributed by atoms with E-state index in [0.29, 0.717) is 11.4 Å². The van der Waals surface area contributed by atoms with E-state index in [-0.39, 0.29) is 5.97 Å². The number of carbonyl (C=O) groups excluding carboxylic acids is 1. The number of rotatable bonds is 2. The van der Waals surface area contributed by atoms with Gasteiger partial charge in [0.05, 0.1) is 12.4 Å². The highest BCUT2D eigenvalue weighted by Crippen LogP contribution is 2.21. The lowest BCUT2D eigenvalue weighted by atomic mass is 10.3. The fraction of sp³-hybridized carbons (Fsp3) is 0.100. The molecular weight excluding hydrogens is 194 g/mol. The molecule has 15 heavy (non-hydrogen) atoms. The fourth-order valence-electron chi connectivity index (χ4n) is 1.22.